The summed E-state index contributed by atoms with van der Waals surface area (Å²) in [6.07, 6.45) is 0. The molecule has 0 spiro atoms. The maximum Gasteiger partial charge on any atom is 0.329 e. The molecule has 0 heterocycles. The summed E-state index contributed by atoms with van der Waals surface area (Å²) in [4.78, 5) is 21.4. The van der Waals surface area contributed by atoms with Crippen LogP contribution in [0.15, 0.2) is 29.2 Å². The molecule has 0 saturated carbocycles. The van der Waals surface area contributed by atoms with E-state index in [2.05, 4.69) is 4.74 Å². The molecule has 1 aromatic rings. The fourth-order valence-corrected chi connectivity index (χ4v) is 2.16. The molecule has 7 nitrogen and oxygen atoms in total. The van der Waals surface area contributed by atoms with Gasteiger partial charge in [0.05, 0.1) is 4.90 Å². The normalized spacial score (nSPS) is 11.0. The molecule has 19 heavy (non-hydrogen) atoms. The quantitative estimate of drug-likeness (QED) is 0.756. The van der Waals surface area contributed by atoms with Gasteiger partial charge in [-0.1, -0.05) is 17.7 Å². The standard InChI is InChI=1S/C11H13NO6S/c1-8-2-4-9(5-3-8)19(16,17)12-10(13)6-18-7-11(14)15/h2-5H,6-7H2,1H3,(H,12,13)(H,14,15). The number of hydrogen-bond donors (Lipinski definition) is 2. The predicted molar refractivity (Wildman–Crippen MR) is 65.0 cm³/mol. The predicted octanol–water partition coefficient (Wildman–Crippen LogP) is -0.0989. The number of rotatable bonds is 6. The average molecular weight is 287 g/mol. The van der Waals surface area contributed by atoms with Gasteiger partial charge in [-0.15, -0.1) is 0 Å². The molecule has 0 radical (unpaired) electrons. The van der Waals surface area contributed by atoms with Gasteiger partial charge in [0.2, 0.25) is 0 Å². The summed E-state index contributed by atoms with van der Waals surface area (Å²) < 4.78 is 29.8. The average Bonchev–Trinajstić information content (AvgIpc) is 2.28. The van der Waals surface area contributed by atoms with Gasteiger partial charge in [0.25, 0.3) is 15.9 Å². The van der Waals surface area contributed by atoms with Crippen molar-refractivity contribution < 1.29 is 27.9 Å². The first-order chi connectivity index (χ1) is 8.81. The second-order valence-electron chi connectivity index (χ2n) is 3.73. The first-order valence-electron chi connectivity index (χ1n) is 5.23. The monoisotopic (exact) mass is 287 g/mol. The van der Waals surface area contributed by atoms with Gasteiger partial charge < -0.3 is 9.84 Å². The molecule has 1 rings (SSSR count). The molecule has 0 aliphatic carbocycles. The van der Waals surface area contributed by atoms with E-state index in [0.717, 1.165) is 5.56 Å². The number of carboxylic acid groups (broad SMARTS) is 1. The number of ether oxygens (including phenoxy) is 1. The van der Waals surface area contributed by atoms with Gasteiger partial charge in [-0.05, 0) is 19.1 Å². The third kappa shape index (κ3) is 5.06. The molecule has 1 aromatic carbocycles. The number of carboxylic acids is 1. The Morgan fingerprint density at radius 3 is 2.32 bits per heavy atom. The Bertz CT molecular complexity index is 563. The van der Waals surface area contributed by atoms with Crippen molar-refractivity contribution in [3.63, 3.8) is 0 Å². The van der Waals surface area contributed by atoms with E-state index in [1.807, 2.05) is 0 Å². The van der Waals surface area contributed by atoms with E-state index in [0.29, 0.717) is 0 Å². The van der Waals surface area contributed by atoms with Crippen LogP contribution in [0.1, 0.15) is 5.56 Å². The maximum absolute atomic E-state index is 11.7. The second-order valence-corrected chi connectivity index (χ2v) is 5.41. The molecule has 8 heteroatoms. The summed E-state index contributed by atoms with van der Waals surface area (Å²) >= 11 is 0. The highest BCUT2D eigenvalue weighted by molar-refractivity contribution is 7.90. The Hall–Kier alpha value is -1.93. The van der Waals surface area contributed by atoms with Gasteiger partial charge in [-0.25, -0.2) is 17.9 Å². The first kappa shape index (κ1) is 15.1. The van der Waals surface area contributed by atoms with Gasteiger partial charge in [-0.3, -0.25) is 4.79 Å². The van der Waals surface area contributed by atoms with Crippen molar-refractivity contribution in [1.29, 1.82) is 0 Å². The second kappa shape index (κ2) is 6.30. The highest BCUT2D eigenvalue weighted by atomic mass is 32.2. The van der Waals surface area contributed by atoms with Crippen LogP contribution in [0.5, 0.6) is 0 Å². The van der Waals surface area contributed by atoms with Crippen LogP contribution in [0, 0.1) is 6.92 Å². The Balaban J connectivity index is 2.62. The molecule has 0 aromatic heterocycles. The molecular formula is C11H13NO6S. The van der Waals surface area contributed by atoms with Crippen LogP contribution in [-0.4, -0.2) is 38.6 Å². The van der Waals surface area contributed by atoms with Crippen LogP contribution in [0.4, 0.5) is 0 Å². The van der Waals surface area contributed by atoms with Crippen molar-refractivity contribution in [3.05, 3.63) is 29.8 Å². The number of benzene rings is 1. The topological polar surface area (TPSA) is 110 Å². The molecule has 0 bridgehead atoms. The smallest absolute Gasteiger partial charge is 0.329 e. The molecule has 0 aliphatic heterocycles. The van der Waals surface area contributed by atoms with Gasteiger partial charge in [0.15, 0.2) is 0 Å². The molecule has 0 unspecified atom stereocenters. The van der Waals surface area contributed by atoms with Gasteiger partial charge >= 0.3 is 5.97 Å². The highest BCUT2D eigenvalue weighted by Crippen LogP contribution is 2.09. The third-order valence-electron chi connectivity index (χ3n) is 2.04. The van der Waals surface area contributed by atoms with E-state index in [4.69, 9.17) is 5.11 Å². The molecule has 1 amide bonds. The summed E-state index contributed by atoms with van der Waals surface area (Å²) in [7, 11) is -3.95. The minimum atomic E-state index is -3.95. The fraction of sp³-hybridized carbons (Fsp3) is 0.273. The number of hydrogen-bond acceptors (Lipinski definition) is 5. The molecule has 104 valence electrons. The van der Waals surface area contributed by atoms with E-state index in [1.165, 1.54) is 12.1 Å². The minimum Gasteiger partial charge on any atom is -0.480 e. The van der Waals surface area contributed by atoms with Crippen molar-refractivity contribution in [1.82, 2.24) is 4.72 Å². The number of aliphatic carboxylic acids is 1. The zero-order chi connectivity index (χ0) is 14.5. The zero-order valence-electron chi connectivity index (χ0n) is 10.1. The summed E-state index contributed by atoms with van der Waals surface area (Å²) in [6, 6.07) is 5.92. The lowest BCUT2D eigenvalue weighted by atomic mass is 10.2. The summed E-state index contributed by atoms with van der Waals surface area (Å²) in [5.74, 6) is -2.17. The zero-order valence-corrected chi connectivity index (χ0v) is 10.9. The first-order valence-corrected chi connectivity index (χ1v) is 6.71. The van der Waals surface area contributed by atoms with Crippen LogP contribution in [0.3, 0.4) is 0 Å². The largest absolute Gasteiger partial charge is 0.480 e. The van der Waals surface area contributed by atoms with Crippen molar-refractivity contribution in [2.75, 3.05) is 13.2 Å². The number of sulfonamides is 1. The SMILES string of the molecule is Cc1ccc(S(=O)(=O)NC(=O)COCC(=O)O)cc1. The van der Waals surface area contributed by atoms with E-state index in [9.17, 15) is 18.0 Å². The molecule has 0 atom stereocenters. The molecule has 0 fully saturated rings. The molecule has 0 saturated heterocycles. The van der Waals surface area contributed by atoms with Gasteiger partial charge in [0.1, 0.15) is 13.2 Å². The molecule has 0 aliphatic rings. The Morgan fingerprint density at radius 1 is 1.21 bits per heavy atom. The molecular weight excluding hydrogens is 274 g/mol. The van der Waals surface area contributed by atoms with E-state index in [1.54, 1.807) is 23.8 Å². The number of aryl methyl sites for hydroxylation is 1. The summed E-state index contributed by atoms with van der Waals surface area (Å²) in [5, 5.41) is 8.29. The van der Waals surface area contributed by atoms with Gasteiger partial charge in [0, 0.05) is 0 Å². The van der Waals surface area contributed by atoms with E-state index < -0.39 is 35.1 Å². The van der Waals surface area contributed by atoms with E-state index >= 15 is 0 Å². The third-order valence-corrected chi connectivity index (χ3v) is 3.43. The summed E-state index contributed by atoms with van der Waals surface area (Å²) in [6.45, 7) is 0.490. The lowest BCUT2D eigenvalue weighted by molar-refractivity contribution is -0.143. The van der Waals surface area contributed by atoms with Crippen LogP contribution in [0.2, 0.25) is 0 Å². The van der Waals surface area contributed by atoms with Crippen LogP contribution in [0.25, 0.3) is 0 Å². The van der Waals surface area contributed by atoms with Crippen molar-refractivity contribution in [2.45, 2.75) is 11.8 Å². The van der Waals surface area contributed by atoms with Crippen molar-refractivity contribution >= 4 is 21.9 Å². The van der Waals surface area contributed by atoms with Crippen molar-refractivity contribution in [2.24, 2.45) is 0 Å². The number of nitrogens with one attached hydrogen (secondary N) is 1. The lowest BCUT2D eigenvalue weighted by Crippen LogP contribution is -2.34. The van der Waals surface area contributed by atoms with Gasteiger partial charge in [-0.2, -0.15) is 0 Å². The minimum absolute atomic E-state index is 0.0512. The van der Waals surface area contributed by atoms with Crippen molar-refractivity contribution in [3.8, 4) is 0 Å². The fourth-order valence-electron chi connectivity index (χ4n) is 1.19. The highest BCUT2D eigenvalue weighted by Gasteiger charge is 2.17. The number of amides is 1. The van der Waals surface area contributed by atoms with Crippen LogP contribution < -0.4 is 4.72 Å². The Labute approximate surface area is 110 Å². The van der Waals surface area contributed by atoms with Crippen LogP contribution in [-0.2, 0) is 24.3 Å². The van der Waals surface area contributed by atoms with E-state index in [-0.39, 0.29) is 4.90 Å². The maximum atomic E-state index is 11.7. The Kier molecular flexibility index (Phi) is 5.02. The Morgan fingerprint density at radius 2 is 1.79 bits per heavy atom. The number of carbonyl (C=O) groups excluding carboxylic acids is 1. The van der Waals surface area contributed by atoms with Crippen LogP contribution >= 0.6 is 0 Å². The lowest BCUT2D eigenvalue weighted by Gasteiger charge is -2.07. The number of carbonyl (C=O) groups is 2. The summed E-state index contributed by atoms with van der Waals surface area (Å²) in [5.41, 5.74) is 0.884. The molecule has 2 N–H and O–H groups in total.